The van der Waals surface area contributed by atoms with Crippen molar-refractivity contribution in [3.05, 3.63) is 35.9 Å². The summed E-state index contributed by atoms with van der Waals surface area (Å²) in [5.41, 5.74) is 6.73. The van der Waals surface area contributed by atoms with Crippen molar-refractivity contribution in [2.75, 3.05) is 19.7 Å². The maximum absolute atomic E-state index is 12.6. The number of hydrogen-bond donors (Lipinski definition) is 1. The molecule has 0 spiro atoms. The Bertz CT molecular complexity index is 408. The van der Waals surface area contributed by atoms with Crippen LogP contribution >= 0.6 is 12.4 Å². The zero-order valence-electron chi connectivity index (χ0n) is 12.4. The molecule has 1 unspecified atom stereocenters. The summed E-state index contributed by atoms with van der Waals surface area (Å²) in [6.45, 7) is 2.64. The van der Waals surface area contributed by atoms with E-state index >= 15 is 0 Å². The summed E-state index contributed by atoms with van der Waals surface area (Å²) in [5.74, 6) is 0.113. The van der Waals surface area contributed by atoms with E-state index in [2.05, 4.69) is 0 Å². The van der Waals surface area contributed by atoms with Crippen LogP contribution in [0.2, 0.25) is 0 Å². The third-order valence-electron chi connectivity index (χ3n) is 3.62. The first kappa shape index (κ1) is 18.0. The van der Waals surface area contributed by atoms with Crippen molar-refractivity contribution in [1.29, 1.82) is 0 Å². The van der Waals surface area contributed by atoms with Gasteiger partial charge in [0.25, 0.3) is 5.91 Å². The van der Waals surface area contributed by atoms with Crippen molar-refractivity contribution in [2.45, 2.75) is 38.3 Å². The molecule has 1 aliphatic rings. The molecule has 1 fully saturated rings. The maximum atomic E-state index is 12.6. The summed E-state index contributed by atoms with van der Waals surface area (Å²) in [6.07, 6.45) is 3.54. The lowest BCUT2D eigenvalue weighted by atomic mass is 10.1. The van der Waals surface area contributed by atoms with Crippen molar-refractivity contribution >= 4 is 18.3 Å². The Balaban J connectivity index is 0.00000220. The van der Waals surface area contributed by atoms with E-state index in [4.69, 9.17) is 10.5 Å². The van der Waals surface area contributed by atoms with Gasteiger partial charge in [-0.15, -0.1) is 12.4 Å². The van der Waals surface area contributed by atoms with Crippen molar-refractivity contribution in [3.63, 3.8) is 0 Å². The molecule has 118 valence electrons. The van der Waals surface area contributed by atoms with Gasteiger partial charge in [-0.1, -0.05) is 30.3 Å². The number of halogens is 1. The van der Waals surface area contributed by atoms with Crippen molar-refractivity contribution < 1.29 is 9.53 Å². The second-order valence-electron chi connectivity index (χ2n) is 5.24. The zero-order chi connectivity index (χ0) is 14.2. The molecular formula is C16H25ClN2O2. The smallest absolute Gasteiger partial charge is 0.251 e. The highest BCUT2D eigenvalue weighted by Gasteiger charge is 2.26. The van der Waals surface area contributed by atoms with Crippen molar-refractivity contribution in [2.24, 2.45) is 5.73 Å². The quantitative estimate of drug-likeness (QED) is 0.877. The fourth-order valence-electron chi connectivity index (χ4n) is 2.49. The van der Waals surface area contributed by atoms with Crippen LogP contribution in [0.3, 0.4) is 0 Å². The number of carbonyl (C=O) groups is 1. The third kappa shape index (κ3) is 5.65. The van der Waals surface area contributed by atoms with E-state index in [0.717, 1.165) is 31.2 Å². The first-order valence-corrected chi connectivity index (χ1v) is 7.45. The molecule has 5 heteroatoms. The molecule has 0 bridgehead atoms. The van der Waals surface area contributed by atoms with Gasteiger partial charge >= 0.3 is 0 Å². The standard InChI is InChI=1S/C16H24N2O2.ClH/c17-10-6-11-18(13-14-7-2-1-3-8-14)16(19)15-9-4-5-12-20-15;/h1-3,7-8,15H,4-6,9-13,17H2;1H. The molecule has 1 heterocycles. The largest absolute Gasteiger partial charge is 0.368 e. The Labute approximate surface area is 133 Å². The molecule has 21 heavy (non-hydrogen) atoms. The monoisotopic (exact) mass is 312 g/mol. The molecule has 0 aromatic heterocycles. The fourth-order valence-corrected chi connectivity index (χ4v) is 2.49. The zero-order valence-corrected chi connectivity index (χ0v) is 13.2. The Kier molecular flexibility index (Phi) is 8.35. The molecule has 2 N–H and O–H groups in total. The van der Waals surface area contributed by atoms with Crippen LogP contribution in [0, 0.1) is 0 Å². The van der Waals surface area contributed by atoms with E-state index in [1.165, 1.54) is 0 Å². The van der Waals surface area contributed by atoms with Crippen molar-refractivity contribution in [3.8, 4) is 0 Å². The lowest BCUT2D eigenvalue weighted by Crippen LogP contribution is -2.42. The van der Waals surface area contributed by atoms with Crippen LogP contribution in [0.15, 0.2) is 30.3 Å². The number of rotatable bonds is 6. The Morgan fingerprint density at radius 2 is 2.05 bits per heavy atom. The molecule has 1 amide bonds. The van der Waals surface area contributed by atoms with Gasteiger partial charge in [0.1, 0.15) is 6.10 Å². The number of nitrogens with two attached hydrogens (primary N) is 1. The summed E-state index contributed by atoms with van der Waals surface area (Å²) < 4.78 is 5.62. The van der Waals surface area contributed by atoms with Gasteiger partial charge in [-0.2, -0.15) is 0 Å². The molecular weight excluding hydrogens is 288 g/mol. The Hall–Kier alpha value is -1.10. The molecule has 0 radical (unpaired) electrons. The molecule has 4 nitrogen and oxygen atoms in total. The summed E-state index contributed by atoms with van der Waals surface area (Å²) in [5, 5.41) is 0. The van der Waals surface area contributed by atoms with E-state index in [-0.39, 0.29) is 24.4 Å². The van der Waals surface area contributed by atoms with E-state index in [9.17, 15) is 4.79 Å². The van der Waals surface area contributed by atoms with E-state index < -0.39 is 0 Å². The van der Waals surface area contributed by atoms with Gasteiger partial charge in [0.05, 0.1) is 0 Å². The van der Waals surface area contributed by atoms with Crippen LogP contribution in [0.5, 0.6) is 0 Å². The van der Waals surface area contributed by atoms with E-state index in [1.54, 1.807) is 0 Å². The van der Waals surface area contributed by atoms with Gasteiger partial charge in [0.2, 0.25) is 0 Å². The summed E-state index contributed by atoms with van der Waals surface area (Å²) in [7, 11) is 0. The minimum Gasteiger partial charge on any atom is -0.368 e. The molecule has 0 aliphatic carbocycles. The molecule has 2 rings (SSSR count). The van der Waals surface area contributed by atoms with Gasteiger partial charge in [-0.3, -0.25) is 4.79 Å². The van der Waals surface area contributed by atoms with Crippen LogP contribution in [0.25, 0.3) is 0 Å². The number of carbonyl (C=O) groups excluding carboxylic acids is 1. The lowest BCUT2D eigenvalue weighted by Gasteiger charge is -2.29. The topological polar surface area (TPSA) is 55.6 Å². The predicted octanol–water partition coefficient (Wildman–Crippen LogP) is 2.35. The average molecular weight is 313 g/mol. The average Bonchev–Trinajstić information content (AvgIpc) is 2.52. The Morgan fingerprint density at radius 1 is 1.29 bits per heavy atom. The number of nitrogens with zero attached hydrogens (tertiary/aromatic N) is 1. The number of hydrogen-bond acceptors (Lipinski definition) is 3. The molecule has 1 atom stereocenters. The molecule has 1 aliphatic heterocycles. The Morgan fingerprint density at radius 3 is 2.67 bits per heavy atom. The van der Waals surface area contributed by atoms with Gasteiger partial charge in [0, 0.05) is 19.7 Å². The number of amides is 1. The predicted molar refractivity (Wildman–Crippen MR) is 86.4 cm³/mol. The summed E-state index contributed by atoms with van der Waals surface area (Å²) in [4.78, 5) is 14.5. The molecule has 0 saturated carbocycles. The minimum atomic E-state index is -0.259. The highest BCUT2D eigenvalue weighted by molar-refractivity contribution is 5.85. The van der Waals surface area contributed by atoms with Gasteiger partial charge in [-0.25, -0.2) is 0 Å². The molecule has 1 saturated heterocycles. The van der Waals surface area contributed by atoms with Crippen LogP contribution in [-0.2, 0) is 16.1 Å². The lowest BCUT2D eigenvalue weighted by molar-refractivity contribution is -0.147. The van der Waals surface area contributed by atoms with E-state index in [1.807, 2.05) is 35.2 Å². The van der Waals surface area contributed by atoms with Crippen molar-refractivity contribution in [1.82, 2.24) is 4.90 Å². The maximum Gasteiger partial charge on any atom is 0.251 e. The first-order chi connectivity index (χ1) is 9.81. The normalized spacial score (nSPS) is 17.9. The SMILES string of the molecule is Cl.NCCCN(Cc1ccccc1)C(=O)C1CCCCO1. The molecule has 1 aromatic rings. The van der Waals surface area contributed by atoms with Crippen LogP contribution in [0.1, 0.15) is 31.2 Å². The van der Waals surface area contributed by atoms with Gasteiger partial charge < -0.3 is 15.4 Å². The van der Waals surface area contributed by atoms with Gasteiger partial charge in [-0.05, 0) is 37.8 Å². The second-order valence-corrected chi connectivity index (χ2v) is 5.24. The summed E-state index contributed by atoms with van der Waals surface area (Å²) >= 11 is 0. The van der Waals surface area contributed by atoms with Gasteiger partial charge in [0.15, 0.2) is 0 Å². The number of benzene rings is 1. The summed E-state index contributed by atoms with van der Waals surface area (Å²) in [6, 6.07) is 10.1. The third-order valence-corrected chi connectivity index (χ3v) is 3.62. The highest BCUT2D eigenvalue weighted by Crippen LogP contribution is 2.17. The minimum absolute atomic E-state index is 0. The van der Waals surface area contributed by atoms with Crippen LogP contribution in [-0.4, -0.2) is 36.6 Å². The fraction of sp³-hybridized carbons (Fsp3) is 0.562. The highest BCUT2D eigenvalue weighted by atomic mass is 35.5. The van der Waals surface area contributed by atoms with E-state index in [0.29, 0.717) is 26.2 Å². The molecule has 1 aromatic carbocycles. The first-order valence-electron chi connectivity index (χ1n) is 7.45. The van der Waals surface area contributed by atoms with Crippen LogP contribution < -0.4 is 5.73 Å². The second kappa shape index (κ2) is 9.77. The van der Waals surface area contributed by atoms with Crippen LogP contribution in [0.4, 0.5) is 0 Å². The number of ether oxygens (including phenoxy) is 1.